The van der Waals surface area contributed by atoms with Gasteiger partial charge in [-0.1, -0.05) is 58.7 Å². The maximum absolute atomic E-state index is 12.7. The molecule has 1 N–H and O–H groups in total. The Morgan fingerprint density at radius 3 is 2.53 bits per heavy atom. The number of ether oxygens (including phenoxy) is 1. The van der Waals surface area contributed by atoms with Crippen molar-refractivity contribution in [2.75, 3.05) is 32.8 Å². The van der Waals surface area contributed by atoms with E-state index in [1.807, 2.05) is 55.5 Å². The van der Waals surface area contributed by atoms with Gasteiger partial charge in [0.25, 0.3) is 5.91 Å². The van der Waals surface area contributed by atoms with Gasteiger partial charge in [-0.3, -0.25) is 9.69 Å². The number of rotatable bonds is 6. The fourth-order valence-corrected chi connectivity index (χ4v) is 3.67. The minimum Gasteiger partial charge on any atom is -0.379 e. The monoisotopic (exact) mass is 425 g/mol. The second kappa shape index (κ2) is 9.43. The van der Waals surface area contributed by atoms with Crippen LogP contribution in [0.4, 0.5) is 0 Å². The molecule has 1 aliphatic heterocycles. The maximum atomic E-state index is 12.7. The lowest BCUT2D eigenvalue weighted by Gasteiger charge is -2.34. The SMILES string of the molecule is Cc1ccc(-c2cc(C(=O)NC[C@H](c3ccc(Cl)cc3)N3CCOCC3)no2)cc1. The molecular formula is C23H24ClN3O3. The molecule has 0 saturated carbocycles. The molecule has 1 aliphatic rings. The van der Waals surface area contributed by atoms with Crippen LogP contribution in [0.15, 0.2) is 59.1 Å². The molecule has 3 aromatic rings. The first-order chi connectivity index (χ1) is 14.6. The molecule has 156 valence electrons. The van der Waals surface area contributed by atoms with E-state index in [0.717, 1.165) is 29.8 Å². The van der Waals surface area contributed by atoms with E-state index >= 15 is 0 Å². The van der Waals surface area contributed by atoms with Crippen molar-refractivity contribution in [3.8, 4) is 11.3 Å². The fraction of sp³-hybridized carbons (Fsp3) is 0.304. The summed E-state index contributed by atoms with van der Waals surface area (Å²) in [5, 5.41) is 7.65. The first-order valence-electron chi connectivity index (χ1n) is 9.99. The van der Waals surface area contributed by atoms with Crippen LogP contribution in [0.2, 0.25) is 5.02 Å². The number of halogens is 1. The van der Waals surface area contributed by atoms with Gasteiger partial charge >= 0.3 is 0 Å². The van der Waals surface area contributed by atoms with Crippen molar-refractivity contribution >= 4 is 17.5 Å². The van der Waals surface area contributed by atoms with Crippen LogP contribution in [0, 0.1) is 6.92 Å². The Kier molecular flexibility index (Phi) is 6.47. The molecule has 7 heteroatoms. The third-order valence-corrected chi connectivity index (χ3v) is 5.53. The molecule has 6 nitrogen and oxygen atoms in total. The molecule has 0 bridgehead atoms. The Labute approximate surface area is 180 Å². The van der Waals surface area contributed by atoms with Gasteiger partial charge in [0, 0.05) is 36.3 Å². The smallest absolute Gasteiger partial charge is 0.273 e. The quantitative estimate of drug-likeness (QED) is 0.643. The highest BCUT2D eigenvalue weighted by Gasteiger charge is 2.24. The summed E-state index contributed by atoms with van der Waals surface area (Å²) in [5.41, 5.74) is 3.41. The number of carbonyl (C=O) groups is 1. The third kappa shape index (κ3) is 4.90. The van der Waals surface area contributed by atoms with Gasteiger partial charge in [0.05, 0.1) is 19.3 Å². The number of amides is 1. The Bertz CT molecular complexity index is 980. The average molecular weight is 426 g/mol. The van der Waals surface area contributed by atoms with E-state index in [2.05, 4.69) is 15.4 Å². The molecule has 2 heterocycles. The Morgan fingerprint density at radius 2 is 1.83 bits per heavy atom. The van der Waals surface area contributed by atoms with Gasteiger partial charge in [0.1, 0.15) is 0 Å². The average Bonchev–Trinajstić information content (AvgIpc) is 3.27. The van der Waals surface area contributed by atoms with Gasteiger partial charge in [-0.15, -0.1) is 0 Å². The first-order valence-corrected chi connectivity index (χ1v) is 10.4. The van der Waals surface area contributed by atoms with Crippen LogP contribution in [0.1, 0.15) is 27.7 Å². The van der Waals surface area contributed by atoms with Crippen molar-refractivity contribution in [3.05, 3.63) is 76.4 Å². The summed E-state index contributed by atoms with van der Waals surface area (Å²) in [6.07, 6.45) is 0. The summed E-state index contributed by atoms with van der Waals surface area (Å²) in [4.78, 5) is 15.0. The van der Waals surface area contributed by atoms with Crippen LogP contribution in [0.5, 0.6) is 0 Å². The maximum Gasteiger partial charge on any atom is 0.273 e. The predicted molar refractivity (Wildman–Crippen MR) is 116 cm³/mol. The molecule has 2 aromatic carbocycles. The number of nitrogens with one attached hydrogen (secondary N) is 1. The lowest BCUT2D eigenvalue weighted by atomic mass is 10.0. The highest BCUT2D eigenvalue weighted by Crippen LogP contribution is 2.24. The zero-order chi connectivity index (χ0) is 20.9. The Hall–Kier alpha value is -2.67. The van der Waals surface area contributed by atoms with Crippen molar-refractivity contribution in [2.45, 2.75) is 13.0 Å². The zero-order valence-electron chi connectivity index (χ0n) is 16.8. The normalized spacial score (nSPS) is 15.7. The molecule has 0 radical (unpaired) electrons. The summed E-state index contributed by atoms with van der Waals surface area (Å²) >= 11 is 6.05. The molecule has 30 heavy (non-hydrogen) atoms. The van der Waals surface area contributed by atoms with E-state index in [0.29, 0.717) is 30.5 Å². The number of carbonyl (C=O) groups excluding carboxylic acids is 1. The van der Waals surface area contributed by atoms with E-state index < -0.39 is 0 Å². The summed E-state index contributed by atoms with van der Waals surface area (Å²) in [6.45, 7) is 5.46. The Balaban J connectivity index is 1.45. The van der Waals surface area contributed by atoms with Gasteiger partial charge in [0.2, 0.25) is 0 Å². The minimum atomic E-state index is -0.260. The molecule has 1 aromatic heterocycles. The van der Waals surface area contributed by atoms with E-state index in [-0.39, 0.29) is 17.6 Å². The summed E-state index contributed by atoms with van der Waals surface area (Å²) in [7, 11) is 0. The van der Waals surface area contributed by atoms with Crippen molar-refractivity contribution in [2.24, 2.45) is 0 Å². The van der Waals surface area contributed by atoms with E-state index in [9.17, 15) is 4.79 Å². The van der Waals surface area contributed by atoms with Crippen molar-refractivity contribution in [3.63, 3.8) is 0 Å². The first kappa shape index (κ1) is 20.6. The van der Waals surface area contributed by atoms with Crippen LogP contribution in [0.3, 0.4) is 0 Å². The highest BCUT2D eigenvalue weighted by atomic mass is 35.5. The van der Waals surface area contributed by atoms with Crippen molar-refractivity contribution in [1.82, 2.24) is 15.4 Å². The highest BCUT2D eigenvalue weighted by molar-refractivity contribution is 6.30. The fourth-order valence-electron chi connectivity index (χ4n) is 3.55. The number of hydrogen-bond donors (Lipinski definition) is 1. The molecule has 0 unspecified atom stereocenters. The van der Waals surface area contributed by atoms with E-state index in [1.54, 1.807) is 6.07 Å². The van der Waals surface area contributed by atoms with Crippen LogP contribution < -0.4 is 5.32 Å². The number of morpholine rings is 1. The lowest BCUT2D eigenvalue weighted by molar-refractivity contribution is 0.0162. The lowest BCUT2D eigenvalue weighted by Crippen LogP contribution is -2.43. The summed E-state index contributed by atoms with van der Waals surface area (Å²) in [6, 6.07) is 17.3. The number of nitrogens with zero attached hydrogens (tertiary/aromatic N) is 2. The predicted octanol–water partition coefficient (Wildman–Crippen LogP) is 4.11. The van der Waals surface area contributed by atoms with E-state index in [4.69, 9.17) is 20.9 Å². The minimum absolute atomic E-state index is 0.0265. The molecule has 1 atom stereocenters. The summed E-state index contributed by atoms with van der Waals surface area (Å²) in [5.74, 6) is 0.312. The standard InChI is InChI=1S/C23H24ClN3O3/c1-16-2-4-18(5-3-16)22-14-20(26-30-22)23(28)25-15-21(27-10-12-29-13-11-27)17-6-8-19(24)9-7-17/h2-9,14,21H,10-13,15H2,1H3,(H,25,28)/t21-/m1/s1. The molecule has 4 rings (SSSR count). The molecule has 1 fully saturated rings. The zero-order valence-corrected chi connectivity index (χ0v) is 17.6. The third-order valence-electron chi connectivity index (χ3n) is 5.28. The molecule has 1 saturated heterocycles. The number of hydrogen-bond acceptors (Lipinski definition) is 5. The van der Waals surface area contributed by atoms with Crippen LogP contribution in [-0.4, -0.2) is 48.8 Å². The molecule has 0 spiro atoms. The van der Waals surface area contributed by atoms with Gasteiger partial charge < -0.3 is 14.6 Å². The van der Waals surface area contributed by atoms with Gasteiger partial charge in [-0.25, -0.2) is 0 Å². The summed E-state index contributed by atoms with van der Waals surface area (Å²) < 4.78 is 10.9. The van der Waals surface area contributed by atoms with Gasteiger partial charge in [-0.2, -0.15) is 0 Å². The van der Waals surface area contributed by atoms with Gasteiger partial charge in [-0.05, 0) is 24.6 Å². The molecule has 0 aliphatic carbocycles. The topological polar surface area (TPSA) is 67.6 Å². The van der Waals surface area contributed by atoms with Crippen LogP contribution >= 0.6 is 11.6 Å². The molecular weight excluding hydrogens is 402 g/mol. The van der Waals surface area contributed by atoms with Crippen LogP contribution in [-0.2, 0) is 4.74 Å². The van der Waals surface area contributed by atoms with E-state index in [1.165, 1.54) is 0 Å². The largest absolute Gasteiger partial charge is 0.379 e. The van der Waals surface area contributed by atoms with Crippen LogP contribution in [0.25, 0.3) is 11.3 Å². The Morgan fingerprint density at radius 1 is 1.13 bits per heavy atom. The molecule has 1 amide bonds. The second-order valence-corrected chi connectivity index (χ2v) is 7.80. The van der Waals surface area contributed by atoms with Crippen molar-refractivity contribution < 1.29 is 14.1 Å². The van der Waals surface area contributed by atoms with Crippen molar-refractivity contribution in [1.29, 1.82) is 0 Å². The number of aryl methyl sites for hydroxylation is 1. The van der Waals surface area contributed by atoms with Gasteiger partial charge in [0.15, 0.2) is 11.5 Å². The number of benzene rings is 2. The number of aromatic nitrogens is 1. The second-order valence-electron chi connectivity index (χ2n) is 7.37.